The zero-order valence-corrected chi connectivity index (χ0v) is 16.2. The molecular formula is C20H18ClFN2O2S. The van der Waals surface area contributed by atoms with Gasteiger partial charge in [0.1, 0.15) is 11.6 Å². The highest BCUT2D eigenvalue weighted by Crippen LogP contribution is 2.30. The molecular weight excluding hydrogens is 387 g/mol. The second kappa shape index (κ2) is 8.97. The van der Waals surface area contributed by atoms with Gasteiger partial charge in [0.15, 0.2) is 5.13 Å². The molecule has 27 heavy (non-hydrogen) atoms. The highest BCUT2D eigenvalue weighted by molar-refractivity contribution is 7.16. The largest absolute Gasteiger partial charge is 0.494 e. The van der Waals surface area contributed by atoms with Gasteiger partial charge in [-0.2, -0.15) is 0 Å². The van der Waals surface area contributed by atoms with Crippen molar-refractivity contribution in [1.29, 1.82) is 0 Å². The molecule has 1 N–H and O–H groups in total. The second-order valence-electron chi connectivity index (χ2n) is 5.88. The Kier molecular flexibility index (Phi) is 6.42. The van der Waals surface area contributed by atoms with E-state index in [2.05, 4.69) is 10.3 Å². The van der Waals surface area contributed by atoms with E-state index < -0.39 is 0 Å². The number of hydrogen-bond donors (Lipinski definition) is 1. The molecule has 4 nitrogen and oxygen atoms in total. The number of ether oxygens (including phenoxy) is 1. The van der Waals surface area contributed by atoms with E-state index in [0.29, 0.717) is 29.6 Å². The molecule has 0 unspecified atom stereocenters. The molecule has 1 heterocycles. The molecule has 140 valence electrons. The number of nitrogens with zero attached hydrogens (tertiary/aromatic N) is 1. The third-order valence-corrected chi connectivity index (χ3v) is 4.93. The number of amides is 1. The summed E-state index contributed by atoms with van der Waals surface area (Å²) in [6, 6.07) is 13.2. The van der Waals surface area contributed by atoms with Gasteiger partial charge in [-0.15, -0.1) is 11.3 Å². The fraction of sp³-hybridized carbons (Fsp3) is 0.200. The number of carbonyl (C=O) groups is 1. The summed E-state index contributed by atoms with van der Waals surface area (Å²) in [7, 11) is 0. The van der Waals surface area contributed by atoms with Crippen LogP contribution in [0.15, 0.2) is 48.5 Å². The van der Waals surface area contributed by atoms with Gasteiger partial charge in [0.2, 0.25) is 5.91 Å². The molecule has 0 aliphatic heterocycles. The maximum atomic E-state index is 13.1. The summed E-state index contributed by atoms with van der Waals surface area (Å²) >= 11 is 7.22. The first kappa shape index (κ1) is 19.3. The SMILES string of the molecule is Cc1sc(NC(=O)CCCOc2ccc(Cl)cc2)nc1-c1ccc(F)cc1. The summed E-state index contributed by atoms with van der Waals surface area (Å²) in [5, 5.41) is 4.00. The summed E-state index contributed by atoms with van der Waals surface area (Å²) in [6.45, 7) is 2.36. The molecule has 7 heteroatoms. The molecule has 3 aromatic rings. The molecule has 0 aliphatic carbocycles. The van der Waals surface area contributed by atoms with Gasteiger partial charge >= 0.3 is 0 Å². The van der Waals surface area contributed by atoms with Gasteiger partial charge < -0.3 is 10.1 Å². The number of nitrogens with one attached hydrogen (secondary N) is 1. The van der Waals surface area contributed by atoms with Gasteiger partial charge in [-0.3, -0.25) is 4.79 Å². The number of aromatic nitrogens is 1. The minimum absolute atomic E-state index is 0.117. The van der Waals surface area contributed by atoms with Crippen LogP contribution in [-0.4, -0.2) is 17.5 Å². The van der Waals surface area contributed by atoms with Crippen molar-refractivity contribution in [2.75, 3.05) is 11.9 Å². The maximum absolute atomic E-state index is 13.1. The lowest BCUT2D eigenvalue weighted by Crippen LogP contribution is -2.12. The zero-order chi connectivity index (χ0) is 19.2. The van der Waals surface area contributed by atoms with Crippen LogP contribution in [0.25, 0.3) is 11.3 Å². The van der Waals surface area contributed by atoms with Crippen LogP contribution in [0.2, 0.25) is 5.02 Å². The molecule has 0 saturated carbocycles. The van der Waals surface area contributed by atoms with Crippen molar-refractivity contribution < 1.29 is 13.9 Å². The molecule has 1 aromatic heterocycles. The predicted octanol–water partition coefficient (Wildman–Crippen LogP) is 5.71. The summed E-state index contributed by atoms with van der Waals surface area (Å²) in [6.07, 6.45) is 0.918. The van der Waals surface area contributed by atoms with E-state index >= 15 is 0 Å². The summed E-state index contributed by atoms with van der Waals surface area (Å²) in [5.74, 6) is 0.314. The highest BCUT2D eigenvalue weighted by Gasteiger charge is 2.12. The minimum Gasteiger partial charge on any atom is -0.494 e. The van der Waals surface area contributed by atoms with Crippen LogP contribution in [0.3, 0.4) is 0 Å². The number of benzene rings is 2. The Bertz CT molecular complexity index is 911. The average molecular weight is 405 g/mol. The van der Waals surface area contributed by atoms with Crippen LogP contribution in [0.1, 0.15) is 17.7 Å². The molecule has 0 bridgehead atoms. The summed E-state index contributed by atoms with van der Waals surface area (Å²) in [5.41, 5.74) is 1.57. The van der Waals surface area contributed by atoms with Crippen LogP contribution in [0.4, 0.5) is 9.52 Å². The molecule has 0 radical (unpaired) electrons. The Labute approximate surface area is 166 Å². The van der Waals surface area contributed by atoms with Gasteiger partial charge in [-0.25, -0.2) is 9.37 Å². The predicted molar refractivity (Wildman–Crippen MR) is 107 cm³/mol. The van der Waals surface area contributed by atoms with Gasteiger partial charge in [0.05, 0.1) is 12.3 Å². The lowest BCUT2D eigenvalue weighted by atomic mass is 10.1. The third kappa shape index (κ3) is 5.52. The molecule has 0 fully saturated rings. The molecule has 3 rings (SSSR count). The van der Waals surface area contributed by atoms with Crippen LogP contribution in [0.5, 0.6) is 5.75 Å². The summed E-state index contributed by atoms with van der Waals surface area (Å²) in [4.78, 5) is 17.5. The molecule has 0 saturated heterocycles. The van der Waals surface area contributed by atoms with E-state index in [9.17, 15) is 9.18 Å². The normalized spacial score (nSPS) is 10.6. The highest BCUT2D eigenvalue weighted by atomic mass is 35.5. The van der Waals surface area contributed by atoms with E-state index in [1.54, 1.807) is 36.4 Å². The number of rotatable bonds is 7. The van der Waals surface area contributed by atoms with Gasteiger partial charge in [0, 0.05) is 21.9 Å². The number of carbonyl (C=O) groups excluding carboxylic acids is 1. The fourth-order valence-electron chi connectivity index (χ4n) is 2.46. The smallest absolute Gasteiger partial charge is 0.226 e. The van der Waals surface area contributed by atoms with Crippen LogP contribution < -0.4 is 10.1 Å². The van der Waals surface area contributed by atoms with Crippen molar-refractivity contribution >= 4 is 34.0 Å². The lowest BCUT2D eigenvalue weighted by molar-refractivity contribution is -0.116. The van der Waals surface area contributed by atoms with Gasteiger partial charge in [0.25, 0.3) is 0 Å². The standard InChI is InChI=1S/C20H18ClFN2O2S/c1-13-19(14-4-8-16(22)9-5-14)24-20(27-13)23-18(25)3-2-12-26-17-10-6-15(21)7-11-17/h4-11H,2-3,12H2,1H3,(H,23,24,25). The Morgan fingerprint density at radius 1 is 1.19 bits per heavy atom. The van der Waals surface area contributed by atoms with E-state index in [1.807, 2.05) is 6.92 Å². The second-order valence-corrected chi connectivity index (χ2v) is 7.52. The first-order valence-corrected chi connectivity index (χ1v) is 9.62. The molecule has 0 spiro atoms. The Morgan fingerprint density at radius 3 is 2.59 bits per heavy atom. The Morgan fingerprint density at radius 2 is 1.89 bits per heavy atom. The quantitative estimate of drug-likeness (QED) is 0.513. The minimum atomic E-state index is -0.291. The number of hydrogen-bond acceptors (Lipinski definition) is 4. The monoisotopic (exact) mass is 404 g/mol. The molecule has 0 aliphatic rings. The van der Waals surface area contributed by atoms with E-state index in [4.69, 9.17) is 16.3 Å². The first-order valence-electron chi connectivity index (χ1n) is 8.43. The lowest BCUT2D eigenvalue weighted by Gasteiger charge is -2.06. The molecule has 0 atom stereocenters. The third-order valence-electron chi connectivity index (χ3n) is 3.79. The van der Waals surface area contributed by atoms with Crippen molar-refractivity contribution in [3.63, 3.8) is 0 Å². The van der Waals surface area contributed by atoms with Crippen LogP contribution in [0, 0.1) is 12.7 Å². The topological polar surface area (TPSA) is 51.2 Å². The van der Waals surface area contributed by atoms with Crippen molar-refractivity contribution in [1.82, 2.24) is 4.98 Å². The number of thiazole rings is 1. The first-order chi connectivity index (χ1) is 13.0. The zero-order valence-electron chi connectivity index (χ0n) is 14.7. The van der Waals surface area contributed by atoms with E-state index in [1.165, 1.54) is 23.5 Å². The summed E-state index contributed by atoms with van der Waals surface area (Å²) < 4.78 is 18.6. The van der Waals surface area contributed by atoms with Gasteiger partial charge in [-0.05, 0) is 61.9 Å². The van der Waals surface area contributed by atoms with Crippen LogP contribution in [-0.2, 0) is 4.79 Å². The van der Waals surface area contributed by atoms with Crippen molar-refractivity contribution in [3.05, 3.63) is 64.2 Å². The average Bonchev–Trinajstić information content (AvgIpc) is 3.01. The van der Waals surface area contributed by atoms with Crippen LogP contribution >= 0.6 is 22.9 Å². The van der Waals surface area contributed by atoms with Crippen molar-refractivity contribution in [2.24, 2.45) is 0 Å². The Hall–Kier alpha value is -2.44. The maximum Gasteiger partial charge on any atom is 0.226 e. The number of anilines is 1. The van der Waals surface area contributed by atoms with Gasteiger partial charge in [-0.1, -0.05) is 11.6 Å². The van der Waals surface area contributed by atoms with E-state index in [-0.39, 0.29) is 11.7 Å². The van der Waals surface area contributed by atoms with E-state index in [0.717, 1.165) is 21.9 Å². The molecule has 1 amide bonds. The molecule has 2 aromatic carbocycles. The van der Waals surface area contributed by atoms with Crippen molar-refractivity contribution in [3.8, 4) is 17.0 Å². The number of aryl methyl sites for hydroxylation is 1. The Balaban J connectivity index is 1.48. The number of halogens is 2. The fourth-order valence-corrected chi connectivity index (χ4v) is 3.44. The van der Waals surface area contributed by atoms with Crippen molar-refractivity contribution in [2.45, 2.75) is 19.8 Å².